The minimum Gasteiger partial charge on any atom is -0.409 e. The minimum atomic E-state index is -3.99. The van der Waals surface area contributed by atoms with E-state index in [2.05, 4.69) is 9.88 Å². The van der Waals surface area contributed by atoms with Crippen molar-refractivity contribution in [1.29, 1.82) is 0 Å². The molecule has 118 valence electrons. The third kappa shape index (κ3) is 5.55. The lowest BCUT2D eigenvalue weighted by atomic mass is 10.1. The molecule has 0 bridgehead atoms. The molecule has 0 heterocycles. The summed E-state index contributed by atoms with van der Waals surface area (Å²) in [5.41, 5.74) is 5.04. The molecular weight excluding hydrogens is 325 g/mol. The first-order valence-electron chi connectivity index (χ1n) is 5.50. The number of nitrogens with one attached hydrogen (secondary N) is 1. The van der Waals surface area contributed by atoms with Crippen molar-refractivity contribution in [3.63, 3.8) is 0 Å². The van der Waals surface area contributed by atoms with E-state index in [-0.39, 0.29) is 11.3 Å². The highest BCUT2D eigenvalue weighted by molar-refractivity contribution is 7.95. The normalized spacial score (nSPS) is 13.1. The van der Waals surface area contributed by atoms with Gasteiger partial charge in [0.25, 0.3) is 0 Å². The van der Waals surface area contributed by atoms with Gasteiger partial charge in [0, 0.05) is 11.8 Å². The van der Waals surface area contributed by atoms with E-state index in [1.165, 1.54) is 0 Å². The monoisotopic (exact) mass is 339 g/mol. The van der Waals surface area contributed by atoms with Crippen LogP contribution in [-0.2, 0) is 19.9 Å². The smallest absolute Gasteiger partial charge is 0.233 e. The van der Waals surface area contributed by atoms with Gasteiger partial charge in [0.1, 0.15) is 15.7 Å². The highest BCUT2D eigenvalue weighted by Gasteiger charge is 2.18. The van der Waals surface area contributed by atoms with Crippen LogP contribution in [0.3, 0.4) is 0 Å². The Morgan fingerprint density at radius 3 is 2.48 bits per heavy atom. The first-order chi connectivity index (χ1) is 9.54. The number of oxime groups is 1. The number of rotatable bonds is 6. The van der Waals surface area contributed by atoms with Crippen molar-refractivity contribution in [2.75, 3.05) is 22.5 Å². The molecule has 0 spiro atoms. The lowest BCUT2D eigenvalue weighted by Crippen LogP contribution is -2.24. The lowest BCUT2D eigenvalue weighted by Gasteiger charge is -2.11. The zero-order valence-corrected chi connectivity index (χ0v) is 12.6. The number of sulfone groups is 1. The van der Waals surface area contributed by atoms with Crippen LogP contribution >= 0.6 is 0 Å². The minimum absolute atomic E-state index is 0.125. The molecule has 0 fully saturated rings. The summed E-state index contributed by atoms with van der Waals surface area (Å²) in [6.07, 6.45) is 0.905. The summed E-state index contributed by atoms with van der Waals surface area (Å²) in [6.45, 7) is 0. The van der Waals surface area contributed by atoms with Crippen molar-refractivity contribution < 1.29 is 26.4 Å². The van der Waals surface area contributed by atoms with Gasteiger partial charge in [-0.05, 0) is 18.2 Å². The summed E-state index contributed by atoms with van der Waals surface area (Å²) >= 11 is 0. The highest BCUT2D eigenvalue weighted by atomic mass is 32.2. The number of nitrogens with two attached hydrogens (primary N) is 1. The van der Waals surface area contributed by atoms with Crippen LogP contribution in [0.1, 0.15) is 5.56 Å². The molecule has 0 amide bonds. The van der Waals surface area contributed by atoms with E-state index in [9.17, 15) is 21.2 Å². The van der Waals surface area contributed by atoms with E-state index in [0.717, 1.165) is 24.5 Å². The quantitative estimate of drug-likeness (QED) is 0.282. The molecule has 0 aliphatic heterocycles. The molecule has 0 unspecified atom stereocenters. The van der Waals surface area contributed by atoms with Gasteiger partial charge in [-0.3, -0.25) is 4.72 Å². The van der Waals surface area contributed by atoms with Crippen molar-refractivity contribution in [3.8, 4) is 0 Å². The van der Waals surface area contributed by atoms with Crippen molar-refractivity contribution >= 4 is 31.4 Å². The molecular formula is C10H14FN3O5S2. The van der Waals surface area contributed by atoms with Crippen LogP contribution in [0, 0.1) is 5.82 Å². The van der Waals surface area contributed by atoms with Crippen molar-refractivity contribution in [1.82, 2.24) is 0 Å². The van der Waals surface area contributed by atoms with Crippen molar-refractivity contribution in [3.05, 3.63) is 29.6 Å². The second-order valence-electron chi connectivity index (χ2n) is 4.23. The molecule has 8 nitrogen and oxygen atoms in total. The van der Waals surface area contributed by atoms with Gasteiger partial charge in [-0.15, -0.1) is 0 Å². The summed E-state index contributed by atoms with van der Waals surface area (Å²) in [7, 11) is -7.44. The Hall–Kier alpha value is -1.88. The Bertz CT molecular complexity index is 759. The van der Waals surface area contributed by atoms with E-state index in [1.54, 1.807) is 0 Å². The third-order valence-corrected chi connectivity index (χ3v) is 4.83. The predicted octanol–water partition coefficient (Wildman–Crippen LogP) is -0.293. The topological polar surface area (TPSA) is 139 Å². The molecule has 0 aliphatic carbocycles. The van der Waals surface area contributed by atoms with Gasteiger partial charge in [-0.2, -0.15) is 0 Å². The van der Waals surface area contributed by atoms with E-state index in [0.29, 0.717) is 0 Å². The Morgan fingerprint density at radius 2 is 1.95 bits per heavy atom. The third-order valence-electron chi connectivity index (χ3n) is 2.35. The maximum atomic E-state index is 13.1. The molecule has 0 atom stereocenters. The Kier molecular flexibility index (Phi) is 5.12. The van der Waals surface area contributed by atoms with E-state index in [4.69, 9.17) is 10.9 Å². The first-order valence-corrected chi connectivity index (χ1v) is 9.21. The average Bonchev–Trinajstić information content (AvgIpc) is 2.37. The number of nitrogens with zero attached hydrogens (tertiary/aromatic N) is 1. The fraction of sp³-hybridized carbons (Fsp3) is 0.300. The van der Waals surface area contributed by atoms with Crippen LogP contribution in [0.4, 0.5) is 10.1 Å². The van der Waals surface area contributed by atoms with Gasteiger partial charge in [-0.25, -0.2) is 21.2 Å². The summed E-state index contributed by atoms with van der Waals surface area (Å²) in [5.74, 6) is -2.44. The summed E-state index contributed by atoms with van der Waals surface area (Å²) in [5, 5.41) is 11.3. The number of hydrogen-bond donors (Lipinski definition) is 3. The zero-order valence-electron chi connectivity index (χ0n) is 10.9. The molecule has 4 N–H and O–H groups in total. The number of amidine groups is 1. The van der Waals surface area contributed by atoms with E-state index < -0.39 is 43.0 Å². The first kappa shape index (κ1) is 17.2. The maximum Gasteiger partial charge on any atom is 0.233 e. The molecule has 21 heavy (non-hydrogen) atoms. The van der Waals surface area contributed by atoms with Crippen LogP contribution in [-0.4, -0.2) is 45.6 Å². The number of benzene rings is 1. The number of hydrogen-bond acceptors (Lipinski definition) is 6. The molecule has 1 aromatic carbocycles. The van der Waals surface area contributed by atoms with Gasteiger partial charge in [0.15, 0.2) is 5.84 Å². The standard InChI is InChI=1S/C10H14FN3O5S2/c1-20(16,17)4-5-21(18,19)14-9-3-2-7(11)6-8(9)10(12)13-15/h2-3,6,14-15H,4-5H2,1H3,(H2,12,13). The van der Waals surface area contributed by atoms with Crippen LogP contribution in [0.25, 0.3) is 0 Å². The molecule has 0 saturated heterocycles. The fourth-order valence-electron chi connectivity index (χ4n) is 1.35. The Labute approximate surface area is 121 Å². The molecule has 1 rings (SSSR count). The van der Waals surface area contributed by atoms with Crippen LogP contribution < -0.4 is 10.5 Å². The second-order valence-corrected chi connectivity index (χ2v) is 8.33. The Balaban J connectivity index is 3.08. The van der Waals surface area contributed by atoms with Crippen molar-refractivity contribution in [2.45, 2.75) is 0 Å². The average molecular weight is 339 g/mol. The molecule has 0 radical (unpaired) electrons. The van der Waals surface area contributed by atoms with Gasteiger partial charge in [0.2, 0.25) is 10.0 Å². The number of anilines is 1. The summed E-state index contributed by atoms with van der Waals surface area (Å²) in [6, 6.07) is 2.94. The zero-order chi connectivity index (χ0) is 16.3. The lowest BCUT2D eigenvalue weighted by molar-refractivity contribution is 0.318. The summed E-state index contributed by atoms with van der Waals surface area (Å²) in [4.78, 5) is 0. The van der Waals surface area contributed by atoms with Crippen LogP contribution in [0.5, 0.6) is 0 Å². The van der Waals surface area contributed by atoms with Gasteiger partial charge >= 0.3 is 0 Å². The largest absolute Gasteiger partial charge is 0.409 e. The molecule has 0 saturated carbocycles. The second kappa shape index (κ2) is 6.26. The van der Waals surface area contributed by atoms with Gasteiger partial charge in [-0.1, -0.05) is 5.16 Å². The van der Waals surface area contributed by atoms with E-state index >= 15 is 0 Å². The SMILES string of the molecule is CS(=O)(=O)CCS(=O)(=O)Nc1ccc(F)cc1/C(N)=N/O. The molecule has 0 aliphatic rings. The molecule has 1 aromatic rings. The van der Waals surface area contributed by atoms with Gasteiger partial charge in [0.05, 0.1) is 17.2 Å². The number of halogens is 1. The van der Waals surface area contributed by atoms with E-state index in [1.807, 2.05) is 0 Å². The maximum absolute atomic E-state index is 13.1. The molecule has 0 aromatic heterocycles. The fourth-order valence-corrected chi connectivity index (χ4v) is 4.05. The van der Waals surface area contributed by atoms with Crippen molar-refractivity contribution in [2.24, 2.45) is 10.9 Å². The summed E-state index contributed by atoms with van der Waals surface area (Å²) < 4.78 is 60.7. The predicted molar refractivity (Wildman–Crippen MR) is 76.0 cm³/mol. The van der Waals surface area contributed by atoms with Crippen LogP contribution in [0.15, 0.2) is 23.4 Å². The van der Waals surface area contributed by atoms with Gasteiger partial charge < -0.3 is 10.9 Å². The Morgan fingerprint density at radius 1 is 1.33 bits per heavy atom. The highest BCUT2D eigenvalue weighted by Crippen LogP contribution is 2.18. The van der Waals surface area contributed by atoms with Crippen LogP contribution in [0.2, 0.25) is 0 Å². The number of sulfonamides is 1. The molecule has 11 heteroatoms.